The summed E-state index contributed by atoms with van der Waals surface area (Å²) >= 11 is 0. The SMILES string of the molecule is COCC1(C(=O)O)CCCN1CCN1CCOCC1. The van der Waals surface area contributed by atoms with E-state index in [1.54, 1.807) is 7.11 Å². The van der Waals surface area contributed by atoms with E-state index in [4.69, 9.17) is 9.47 Å². The Hall–Kier alpha value is -0.690. The number of nitrogens with zero attached hydrogens (tertiary/aromatic N) is 2. The zero-order valence-electron chi connectivity index (χ0n) is 11.6. The molecule has 1 atom stereocenters. The second kappa shape index (κ2) is 6.65. The zero-order valence-corrected chi connectivity index (χ0v) is 11.6. The summed E-state index contributed by atoms with van der Waals surface area (Å²) in [4.78, 5) is 16.0. The fourth-order valence-corrected chi connectivity index (χ4v) is 3.05. The van der Waals surface area contributed by atoms with E-state index in [0.29, 0.717) is 6.42 Å². The van der Waals surface area contributed by atoms with Gasteiger partial charge in [0.2, 0.25) is 0 Å². The Kier molecular flexibility index (Phi) is 5.15. The molecule has 2 saturated heterocycles. The standard InChI is InChI=1S/C13H24N2O4/c1-18-11-13(12(16)17)3-2-4-15(13)6-5-14-7-9-19-10-8-14/h2-11H2,1H3,(H,16,17). The molecular formula is C13H24N2O4. The third kappa shape index (κ3) is 3.25. The Morgan fingerprint density at radius 1 is 1.32 bits per heavy atom. The summed E-state index contributed by atoms with van der Waals surface area (Å²) in [6.45, 7) is 6.25. The van der Waals surface area contributed by atoms with Gasteiger partial charge in [-0.05, 0) is 19.4 Å². The van der Waals surface area contributed by atoms with Crippen LogP contribution in [0.4, 0.5) is 0 Å². The average Bonchev–Trinajstić information content (AvgIpc) is 2.82. The van der Waals surface area contributed by atoms with Crippen LogP contribution in [0.5, 0.6) is 0 Å². The Bertz CT molecular complexity index is 307. The van der Waals surface area contributed by atoms with Gasteiger partial charge in [-0.3, -0.25) is 14.6 Å². The number of aliphatic carboxylic acids is 1. The number of carboxylic acid groups (broad SMARTS) is 1. The van der Waals surface area contributed by atoms with Crippen LogP contribution in [0.3, 0.4) is 0 Å². The Morgan fingerprint density at radius 2 is 2.05 bits per heavy atom. The van der Waals surface area contributed by atoms with E-state index in [1.807, 2.05) is 0 Å². The second-order valence-electron chi connectivity index (χ2n) is 5.31. The number of methoxy groups -OCH3 is 1. The molecule has 0 bridgehead atoms. The number of morpholine rings is 1. The lowest BCUT2D eigenvalue weighted by Gasteiger charge is -2.36. The number of likely N-dealkylation sites (tertiary alicyclic amines) is 1. The molecule has 110 valence electrons. The summed E-state index contributed by atoms with van der Waals surface area (Å²) in [6.07, 6.45) is 1.61. The molecule has 0 aliphatic carbocycles. The average molecular weight is 272 g/mol. The minimum absolute atomic E-state index is 0.269. The molecule has 6 heteroatoms. The van der Waals surface area contributed by atoms with Gasteiger partial charge in [-0.1, -0.05) is 0 Å². The summed E-state index contributed by atoms with van der Waals surface area (Å²) in [6, 6.07) is 0. The molecule has 2 fully saturated rings. The van der Waals surface area contributed by atoms with Crippen molar-refractivity contribution in [1.82, 2.24) is 9.80 Å². The second-order valence-corrected chi connectivity index (χ2v) is 5.31. The molecule has 0 aromatic carbocycles. The van der Waals surface area contributed by atoms with Gasteiger partial charge in [-0.15, -0.1) is 0 Å². The van der Waals surface area contributed by atoms with E-state index in [2.05, 4.69) is 9.80 Å². The van der Waals surface area contributed by atoms with E-state index >= 15 is 0 Å². The minimum atomic E-state index is -0.818. The third-order valence-electron chi connectivity index (χ3n) is 4.19. The van der Waals surface area contributed by atoms with E-state index in [-0.39, 0.29) is 6.61 Å². The van der Waals surface area contributed by atoms with E-state index in [9.17, 15) is 9.90 Å². The van der Waals surface area contributed by atoms with Crippen molar-refractivity contribution in [3.63, 3.8) is 0 Å². The van der Waals surface area contributed by atoms with Crippen molar-refractivity contribution >= 4 is 5.97 Å². The van der Waals surface area contributed by atoms with Gasteiger partial charge >= 0.3 is 5.97 Å². The van der Waals surface area contributed by atoms with Crippen molar-refractivity contribution in [2.75, 3.05) is 59.7 Å². The highest BCUT2D eigenvalue weighted by molar-refractivity contribution is 5.79. The Labute approximate surface area is 114 Å². The molecule has 0 amide bonds. The summed E-state index contributed by atoms with van der Waals surface area (Å²) in [5, 5.41) is 9.55. The first-order chi connectivity index (χ1) is 9.19. The fraction of sp³-hybridized carbons (Fsp3) is 0.923. The Morgan fingerprint density at radius 3 is 2.68 bits per heavy atom. The van der Waals surface area contributed by atoms with Crippen molar-refractivity contribution in [2.45, 2.75) is 18.4 Å². The molecule has 6 nitrogen and oxygen atoms in total. The Balaban J connectivity index is 1.91. The maximum Gasteiger partial charge on any atom is 0.326 e. The molecular weight excluding hydrogens is 248 g/mol. The first-order valence-electron chi connectivity index (χ1n) is 6.96. The van der Waals surface area contributed by atoms with E-state index < -0.39 is 11.5 Å². The van der Waals surface area contributed by atoms with Crippen LogP contribution in [0.2, 0.25) is 0 Å². The number of rotatable bonds is 6. The van der Waals surface area contributed by atoms with E-state index in [1.165, 1.54) is 0 Å². The molecule has 0 aromatic heterocycles. The third-order valence-corrected chi connectivity index (χ3v) is 4.19. The fourth-order valence-electron chi connectivity index (χ4n) is 3.05. The number of hydrogen-bond donors (Lipinski definition) is 1. The smallest absolute Gasteiger partial charge is 0.326 e. The van der Waals surface area contributed by atoms with Crippen LogP contribution in [0.1, 0.15) is 12.8 Å². The summed E-state index contributed by atoms with van der Waals surface area (Å²) in [5.41, 5.74) is -0.818. The molecule has 1 unspecified atom stereocenters. The molecule has 2 aliphatic rings. The summed E-state index contributed by atoms with van der Waals surface area (Å²) in [5.74, 6) is -0.756. The van der Waals surface area contributed by atoms with Crippen LogP contribution in [-0.2, 0) is 14.3 Å². The lowest BCUT2D eigenvalue weighted by molar-refractivity contribution is -0.153. The molecule has 0 radical (unpaired) electrons. The number of hydrogen-bond acceptors (Lipinski definition) is 5. The molecule has 19 heavy (non-hydrogen) atoms. The molecule has 0 spiro atoms. The van der Waals surface area contributed by atoms with Crippen LogP contribution in [0.25, 0.3) is 0 Å². The number of ether oxygens (including phenoxy) is 2. The van der Waals surface area contributed by atoms with Crippen LogP contribution >= 0.6 is 0 Å². The van der Waals surface area contributed by atoms with Crippen LogP contribution in [0, 0.1) is 0 Å². The van der Waals surface area contributed by atoms with Gasteiger partial charge in [0, 0.05) is 33.3 Å². The zero-order chi connectivity index (χ0) is 13.7. The predicted molar refractivity (Wildman–Crippen MR) is 70.3 cm³/mol. The van der Waals surface area contributed by atoms with E-state index in [0.717, 1.165) is 52.4 Å². The van der Waals surface area contributed by atoms with Gasteiger partial charge in [0.05, 0.1) is 19.8 Å². The molecule has 2 aliphatic heterocycles. The van der Waals surface area contributed by atoms with Gasteiger partial charge in [0.25, 0.3) is 0 Å². The maximum absolute atomic E-state index is 11.6. The minimum Gasteiger partial charge on any atom is -0.480 e. The van der Waals surface area contributed by atoms with Crippen molar-refractivity contribution in [3.05, 3.63) is 0 Å². The van der Waals surface area contributed by atoms with Crippen molar-refractivity contribution in [1.29, 1.82) is 0 Å². The topological polar surface area (TPSA) is 62.2 Å². The van der Waals surface area contributed by atoms with Gasteiger partial charge in [0.1, 0.15) is 5.54 Å². The van der Waals surface area contributed by atoms with Gasteiger partial charge in [0.15, 0.2) is 0 Å². The highest BCUT2D eigenvalue weighted by Crippen LogP contribution is 2.29. The quantitative estimate of drug-likeness (QED) is 0.727. The highest BCUT2D eigenvalue weighted by atomic mass is 16.5. The molecule has 1 N–H and O–H groups in total. The molecule has 0 aromatic rings. The van der Waals surface area contributed by atoms with Crippen LogP contribution in [-0.4, -0.2) is 86.1 Å². The highest BCUT2D eigenvalue weighted by Gasteiger charge is 2.47. The normalized spacial score (nSPS) is 29.7. The van der Waals surface area contributed by atoms with Crippen molar-refractivity contribution in [3.8, 4) is 0 Å². The first kappa shape index (κ1) is 14.7. The first-order valence-corrected chi connectivity index (χ1v) is 6.96. The molecule has 2 rings (SSSR count). The van der Waals surface area contributed by atoms with Crippen LogP contribution < -0.4 is 0 Å². The number of carboxylic acids is 1. The molecule has 2 heterocycles. The van der Waals surface area contributed by atoms with Gasteiger partial charge < -0.3 is 14.6 Å². The lowest BCUT2D eigenvalue weighted by Crippen LogP contribution is -2.55. The number of carbonyl (C=O) groups is 1. The predicted octanol–water partition coefficient (Wildman–Crippen LogP) is -0.116. The lowest BCUT2D eigenvalue weighted by atomic mass is 9.97. The van der Waals surface area contributed by atoms with Crippen LogP contribution in [0.15, 0.2) is 0 Å². The van der Waals surface area contributed by atoms with Gasteiger partial charge in [-0.25, -0.2) is 0 Å². The van der Waals surface area contributed by atoms with Crippen molar-refractivity contribution in [2.24, 2.45) is 0 Å². The maximum atomic E-state index is 11.6. The molecule has 0 saturated carbocycles. The summed E-state index contributed by atoms with van der Waals surface area (Å²) < 4.78 is 10.5. The summed E-state index contributed by atoms with van der Waals surface area (Å²) in [7, 11) is 1.57. The van der Waals surface area contributed by atoms with Crippen molar-refractivity contribution < 1.29 is 19.4 Å². The largest absolute Gasteiger partial charge is 0.480 e. The van der Waals surface area contributed by atoms with Gasteiger partial charge in [-0.2, -0.15) is 0 Å². The monoisotopic (exact) mass is 272 g/mol.